The smallest absolute Gasteiger partial charge is 0.326 e. The van der Waals surface area contributed by atoms with Gasteiger partial charge in [-0.3, -0.25) is 14.4 Å². The Hall–Kier alpha value is -3.46. The van der Waals surface area contributed by atoms with Crippen molar-refractivity contribution in [3.05, 3.63) is 53.2 Å². The third-order valence-corrected chi connectivity index (χ3v) is 4.98. The molecule has 1 atom stereocenters. The SMILES string of the molecule is O=C(C[C@H](NC(=O)c1ccc(N2CCCCC2=O)cc1)C(=O)O)Nc1ccc(Cl)cn1. The summed E-state index contributed by atoms with van der Waals surface area (Å²) in [5, 5.41) is 14.6. The molecule has 9 nitrogen and oxygen atoms in total. The number of hydrogen-bond acceptors (Lipinski definition) is 5. The molecular formula is C21H21ClN4O5. The van der Waals surface area contributed by atoms with Crippen LogP contribution in [-0.2, 0) is 14.4 Å². The fourth-order valence-electron chi connectivity index (χ4n) is 3.14. The van der Waals surface area contributed by atoms with Gasteiger partial charge in [-0.05, 0) is 49.2 Å². The second-order valence-corrected chi connectivity index (χ2v) is 7.46. The molecule has 0 saturated carbocycles. The van der Waals surface area contributed by atoms with Gasteiger partial charge in [-0.25, -0.2) is 9.78 Å². The van der Waals surface area contributed by atoms with Crippen molar-refractivity contribution in [3.63, 3.8) is 0 Å². The number of piperidine rings is 1. The van der Waals surface area contributed by atoms with E-state index < -0.39 is 30.2 Å². The zero-order valence-electron chi connectivity index (χ0n) is 16.5. The summed E-state index contributed by atoms with van der Waals surface area (Å²) in [5.74, 6) is -2.35. The highest BCUT2D eigenvalue weighted by molar-refractivity contribution is 6.30. The third-order valence-electron chi connectivity index (χ3n) is 4.75. The van der Waals surface area contributed by atoms with Crippen LogP contribution in [0.1, 0.15) is 36.0 Å². The van der Waals surface area contributed by atoms with E-state index in [0.717, 1.165) is 12.8 Å². The summed E-state index contributed by atoms with van der Waals surface area (Å²) < 4.78 is 0. The highest BCUT2D eigenvalue weighted by Gasteiger charge is 2.25. The molecule has 0 spiro atoms. The minimum Gasteiger partial charge on any atom is -0.480 e. The lowest BCUT2D eigenvalue weighted by Crippen LogP contribution is -2.43. The molecule has 1 aromatic heterocycles. The lowest BCUT2D eigenvalue weighted by atomic mass is 10.1. The van der Waals surface area contributed by atoms with E-state index in [1.807, 2.05) is 0 Å². The maximum Gasteiger partial charge on any atom is 0.326 e. The Balaban J connectivity index is 1.60. The van der Waals surface area contributed by atoms with Gasteiger partial charge in [0.25, 0.3) is 5.91 Å². The number of carboxylic acids is 1. The number of halogens is 1. The van der Waals surface area contributed by atoms with Crippen molar-refractivity contribution in [2.24, 2.45) is 0 Å². The number of nitrogens with one attached hydrogen (secondary N) is 2. The van der Waals surface area contributed by atoms with Crippen LogP contribution >= 0.6 is 11.6 Å². The predicted octanol–water partition coefficient (Wildman–Crippen LogP) is 2.46. The topological polar surface area (TPSA) is 129 Å². The Labute approximate surface area is 183 Å². The van der Waals surface area contributed by atoms with Gasteiger partial charge in [-0.1, -0.05) is 11.6 Å². The largest absolute Gasteiger partial charge is 0.480 e. The van der Waals surface area contributed by atoms with Crippen LogP contribution in [0.5, 0.6) is 0 Å². The molecule has 0 bridgehead atoms. The van der Waals surface area contributed by atoms with Crippen LogP contribution in [0.25, 0.3) is 0 Å². The van der Waals surface area contributed by atoms with Crippen LogP contribution in [-0.4, -0.2) is 46.4 Å². The number of hydrogen-bond donors (Lipinski definition) is 3. The van der Waals surface area contributed by atoms with Crippen LogP contribution in [0.3, 0.4) is 0 Å². The number of carbonyl (C=O) groups excluding carboxylic acids is 3. The van der Waals surface area contributed by atoms with Gasteiger partial charge in [0.1, 0.15) is 11.9 Å². The first kappa shape index (κ1) is 22.2. The van der Waals surface area contributed by atoms with E-state index in [4.69, 9.17) is 11.6 Å². The number of carboxylic acid groups (broad SMARTS) is 1. The molecule has 162 valence electrons. The van der Waals surface area contributed by atoms with E-state index >= 15 is 0 Å². The van der Waals surface area contributed by atoms with Crippen molar-refractivity contribution < 1.29 is 24.3 Å². The van der Waals surface area contributed by atoms with Gasteiger partial charge >= 0.3 is 5.97 Å². The summed E-state index contributed by atoms with van der Waals surface area (Å²) >= 11 is 5.73. The first-order chi connectivity index (χ1) is 14.8. The van der Waals surface area contributed by atoms with Gasteiger partial charge in [-0.15, -0.1) is 0 Å². The lowest BCUT2D eigenvalue weighted by molar-refractivity contribution is -0.140. The summed E-state index contributed by atoms with van der Waals surface area (Å²) in [4.78, 5) is 53.7. The number of nitrogens with zero attached hydrogens (tertiary/aromatic N) is 2. The van der Waals surface area contributed by atoms with Gasteiger partial charge in [-0.2, -0.15) is 0 Å². The Morgan fingerprint density at radius 1 is 1.13 bits per heavy atom. The lowest BCUT2D eigenvalue weighted by Gasteiger charge is -2.26. The minimum atomic E-state index is -1.43. The summed E-state index contributed by atoms with van der Waals surface area (Å²) in [6.07, 6.45) is 3.15. The second-order valence-electron chi connectivity index (χ2n) is 7.03. The quantitative estimate of drug-likeness (QED) is 0.601. The molecule has 31 heavy (non-hydrogen) atoms. The van der Waals surface area contributed by atoms with E-state index in [1.54, 1.807) is 17.0 Å². The molecular weight excluding hydrogens is 424 g/mol. The molecule has 1 saturated heterocycles. The summed E-state index contributed by atoms with van der Waals surface area (Å²) in [6, 6.07) is 7.90. The standard InChI is InChI=1S/C21H21ClN4O5/c22-14-6-9-17(23-12-14)25-18(27)11-16(21(30)31)24-20(29)13-4-7-15(8-5-13)26-10-2-1-3-19(26)28/h4-9,12,16H,1-3,10-11H2,(H,24,29)(H,30,31)(H,23,25,27)/t16-/m0/s1. The minimum absolute atomic E-state index is 0.0376. The normalized spacial score (nSPS) is 14.6. The predicted molar refractivity (Wildman–Crippen MR) is 114 cm³/mol. The van der Waals surface area contributed by atoms with Gasteiger partial charge < -0.3 is 20.6 Å². The third kappa shape index (κ3) is 6.02. The fraction of sp³-hybridized carbons (Fsp3) is 0.286. The molecule has 3 rings (SSSR count). The average molecular weight is 445 g/mol. The number of amides is 3. The number of rotatable bonds is 7. The summed E-state index contributed by atoms with van der Waals surface area (Å²) in [6.45, 7) is 0.628. The molecule has 0 unspecified atom stereocenters. The number of pyridine rings is 1. The van der Waals surface area contributed by atoms with Crippen LogP contribution < -0.4 is 15.5 Å². The Bertz CT molecular complexity index is 978. The highest BCUT2D eigenvalue weighted by atomic mass is 35.5. The zero-order chi connectivity index (χ0) is 22.4. The molecule has 0 aliphatic carbocycles. The number of anilines is 2. The summed E-state index contributed by atoms with van der Waals surface area (Å²) in [7, 11) is 0. The van der Waals surface area contributed by atoms with Crippen LogP contribution in [0.4, 0.5) is 11.5 Å². The van der Waals surface area contributed by atoms with Crippen molar-refractivity contribution in [3.8, 4) is 0 Å². The van der Waals surface area contributed by atoms with Crippen molar-refractivity contribution in [2.75, 3.05) is 16.8 Å². The van der Waals surface area contributed by atoms with Crippen molar-refractivity contribution in [1.29, 1.82) is 0 Å². The highest BCUT2D eigenvalue weighted by Crippen LogP contribution is 2.21. The second kappa shape index (κ2) is 10.0. The molecule has 3 N–H and O–H groups in total. The van der Waals surface area contributed by atoms with E-state index in [9.17, 15) is 24.3 Å². The van der Waals surface area contributed by atoms with Crippen molar-refractivity contribution >= 4 is 46.8 Å². The molecule has 2 aromatic rings. The first-order valence-electron chi connectivity index (χ1n) is 9.69. The molecule has 0 radical (unpaired) electrons. The summed E-state index contributed by atoms with van der Waals surface area (Å²) in [5.41, 5.74) is 0.908. The Kier molecular flexibility index (Phi) is 7.19. The zero-order valence-corrected chi connectivity index (χ0v) is 17.3. The van der Waals surface area contributed by atoms with Crippen molar-refractivity contribution in [2.45, 2.75) is 31.7 Å². The van der Waals surface area contributed by atoms with Gasteiger partial charge in [0.15, 0.2) is 0 Å². The molecule has 2 heterocycles. The monoisotopic (exact) mass is 444 g/mol. The van der Waals surface area contributed by atoms with Crippen molar-refractivity contribution in [1.82, 2.24) is 10.3 Å². The fourth-order valence-corrected chi connectivity index (χ4v) is 3.25. The first-order valence-corrected chi connectivity index (χ1v) is 10.1. The van der Waals surface area contributed by atoms with Gasteiger partial charge in [0.2, 0.25) is 11.8 Å². The van der Waals surface area contributed by atoms with Crippen LogP contribution in [0.15, 0.2) is 42.6 Å². The van der Waals surface area contributed by atoms with Crippen LogP contribution in [0, 0.1) is 0 Å². The average Bonchev–Trinajstić information content (AvgIpc) is 2.75. The maximum atomic E-state index is 12.5. The van der Waals surface area contributed by atoms with E-state index in [1.165, 1.54) is 30.5 Å². The maximum absolute atomic E-state index is 12.5. The number of aromatic nitrogens is 1. The van der Waals surface area contributed by atoms with Gasteiger partial charge in [0.05, 0.1) is 11.4 Å². The van der Waals surface area contributed by atoms with E-state index in [0.29, 0.717) is 23.7 Å². The Morgan fingerprint density at radius 3 is 2.48 bits per heavy atom. The van der Waals surface area contributed by atoms with Crippen LogP contribution in [0.2, 0.25) is 5.02 Å². The Morgan fingerprint density at radius 2 is 1.87 bits per heavy atom. The number of aliphatic carboxylic acids is 1. The molecule has 1 aliphatic heterocycles. The van der Waals surface area contributed by atoms with E-state index in [2.05, 4.69) is 15.6 Å². The number of carbonyl (C=O) groups is 4. The molecule has 10 heteroatoms. The molecule has 3 amide bonds. The molecule has 1 aliphatic rings. The number of benzene rings is 1. The van der Waals surface area contributed by atoms with E-state index in [-0.39, 0.29) is 17.3 Å². The molecule has 1 fully saturated rings. The van der Waals surface area contributed by atoms with Gasteiger partial charge in [0, 0.05) is 30.4 Å². The molecule has 1 aromatic carbocycles.